The van der Waals surface area contributed by atoms with E-state index in [0.717, 1.165) is 12.0 Å². The van der Waals surface area contributed by atoms with Crippen molar-refractivity contribution in [3.63, 3.8) is 0 Å². The van der Waals surface area contributed by atoms with E-state index in [2.05, 4.69) is 20.6 Å². The fraction of sp³-hybridized carbons (Fsp3) is 0.185. The number of ether oxygens (including phenoxy) is 2. The van der Waals surface area contributed by atoms with Gasteiger partial charge in [-0.25, -0.2) is 14.8 Å². The first-order valence-electron chi connectivity index (χ1n) is 11.4. The second-order valence-corrected chi connectivity index (χ2v) is 7.96. The lowest BCUT2D eigenvalue weighted by molar-refractivity contribution is 0.0698. The van der Waals surface area contributed by atoms with E-state index in [1.165, 1.54) is 12.4 Å². The average molecular weight is 487 g/mol. The molecule has 4 aromatic rings. The largest absolute Gasteiger partial charge is 0.493 e. The number of benzene rings is 3. The number of carbonyl (C=O) groups is 2. The zero-order valence-corrected chi connectivity index (χ0v) is 19.7. The van der Waals surface area contributed by atoms with Crippen molar-refractivity contribution >= 4 is 34.3 Å². The summed E-state index contributed by atoms with van der Waals surface area (Å²) >= 11 is 0. The predicted octanol–water partition coefficient (Wildman–Crippen LogP) is 4.61. The van der Waals surface area contributed by atoms with Gasteiger partial charge in [-0.3, -0.25) is 4.79 Å². The van der Waals surface area contributed by atoms with Gasteiger partial charge in [-0.1, -0.05) is 24.3 Å². The predicted molar refractivity (Wildman–Crippen MR) is 137 cm³/mol. The summed E-state index contributed by atoms with van der Waals surface area (Å²) in [5.74, 6) is -0.137. The molecule has 1 aromatic heterocycles. The topological polar surface area (TPSA) is 123 Å². The lowest BCUT2D eigenvalue weighted by Gasteiger charge is -2.11. The number of hydrogen-bond acceptors (Lipinski definition) is 7. The molecular weight excluding hydrogens is 460 g/mol. The Hall–Kier alpha value is -4.50. The van der Waals surface area contributed by atoms with Crippen LogP contribution in [0.2, 0.25) is 0 Å². The van der Waals surface area contributed by atoms with Crippen molar-refractivity contribution in [1.29, 1.82) is 0 Å². The first kappa shape index (κ1) is 24.6. The maximum Gasteiger partial charge on any atom is 0.337 e. The summed E-state index contributed by atoms with van der Waals surface area (Å²) in [5.41, 5.74) is 2.53. The maximum atomic E-state index is 12.8. The van der Waals surface area contributed by atoms with Crippen molar-refractivity contribution in [2.45, 2.75) is 13.0 Å². The number of hydrogen-bond donors (Lipinski definition) is 3. The van der Waals surface area contributed by atoms with Crippen LogP contribution in [-0.4, -0.2) is 47.3 Å². The molecule has 0 fully saturated rings. The Labute approximate surface area is 208 Å². The first-order valence-corrected chi connectivity index (χ1v) is 11.4. The van der Waals surface area contributed by atoms with Gasteiger partial charge in [-0.2, -0.15) is 0 Å². The van der Waals surface area contributed by atoms with E-state index in [9.17, 15) is 14.7 Å². The molecule has 3 N–H and O–H groups in total. The van der Waals surface area contributed by atoms with E-state index in [1.807, 2.05) is 30.3 Å². The highest BCUT2D eigenvalue weighted by molar-refractivity contribution is 6.05. The fourth-order valence-corrected chi connectivity index (χ4v) is 3.67. The van der Waals surface area contributed by atoms with Gasteiger partial charge >= 0.3 is 5.97 Å². The van der Waals surface area contributed by atoms with Gasteiger partial charge in [0.2, 0.25) is 0 Å². The van der Waals surface area contributed by atoms with Gasteiger partial charge in [0.25, 0.3) is 5.91 Å². The Morgan fingerprint density at radius 3 is 2.64 bits per heavy atom. The van der Waals surface area contributed by atoms with Crippen LogP contribution in [0.15, 0.2) is 73.1 Å². The second-order valence-electron chi connectivity index (χ2n) is 7.96. The minimum absolute atomic E-state index is 0.118. The molecule has 0 aliphatic rings. The number of amides is 1. The van der Waals surface area contributed by atoms with E-state index in [4.69, 9.17) is 9.47 Å². The summed E-state index contributed by atoms with van der Waals surface area (Å²) in [4.78, 5) is 32.7. The smallest absolute Gasteiger partial charge is 0.337 e. The van der Waals surface area contributed by atoms with Crippen LogP contribution < -0.4 is 15.4 Å². The molecule has 0 saturated carbocycles. The number of rotatable bonds is 11. The lowest BCUT2D eigenvalue weighted by Crippen LogP contribution is -2.12. The van der Waals surface area contributed by atoms with Crippen LogP contribution in [0, 0.1) is 0 Å². The lowest BCUT2D eigenvalue weighted by atomic mass is 10.1. The van der Waals surface area contributed by atoms with E-state index in [1.54, 1.807) is 37.4 Å². The van der Waals surface area contributed by atoms with Crippen LogP contribution in [-0.2, 0) is 11.3 Å². The fourth-order valence-electron chi connectivity index (χ4n) is 3.67. The number of carbonyl (C=O) groups excluding carboxylic acids is 1. The molecule has 0 aliphatic heterocycles. The van der Waals surface area contributed by atoms with Crippen molar-refractivity contribution in [2.24, 2.45) is 0 Å². The third-order valence-electron chi connectivity index (χ3n) is 5.40. The molecule has 184 valence electrons. The SMILES string of the molecule is COCCCOc1cccc(C(=O)Nc2cccc(CNc3ncnc4c(C(=O)O)cccc34)c2)c1. The number of para-hydroxylation sites is 1. The summed E-state index contributed by atoms with van der Waals surface area (Å²) in [6, 6.07) is 19.4. The number of carboxylic acids is 1. The quantitative estimate of drug-likeness (QED) is 0.263. The first-order chi connectivity index (χ1) is 17.5. The normalized spacial score (nSPS) is 10.7. The molecule has 0 saturated heterocycles. The zero-order chi connectivity index (χ0) is 25.3. The van der Waals surface area contributed by atoms with Gasteiger partial charge in [0, 0.05) is 43.3 Å². The number of fused-ring (bicyclic) bond motifs is 1. The van der Waals surface area contributed by atoms with Crippen LogP contribution >= 0.6 is 0 Å². The third kappa shape index (κ3) is 6.13. The van der Waals surface area contributed by atoms with Crippen LogP contribution in [0.4, 0.5) is 11.5 Å². The average Bonchev–Trinajstić information content (AvgIpc) is 2.90. The minimum Gasteiger partial charge on any atom is -0.493 e. The van der Waals surface area contributed by atoms with Crippen LogP contribution in [0.25, 0.3) is 10.9 Å². The highest BCUT2D eigenvalue weighted by Gasteiger charge is 2.13. The molecule has 3 aromatic carbocycles. The highest BCUT2D eigenvalue weighted by atomic mass is 16.5. The third-order valence-corrected chi connectivity index (χ3v) is 5.40. The standard InChI is InChI=1S/C27H26N4O5/c1-35-12-5-13-36-21-9-3-7-19(15-21)26(32)31-20-8-2-6-18(14-20)16-28-25-22-10-4-11-23(27(33)34)24(22)29-17-30-25/h2-4,6-11,14-15,17H,5,12-13,16H2,1H3,(H,31,32)(H,33,34)(H,28,29,30). The van der Waals surface area contributed by atoms with Crippen LogP contribution in [0.5, 0.6) is 5.75 Å². The number of nitrogens with zero attached hydrogens (tertiary/aromatic N) is 2. The molecule has 0 atom stereocenters. The molecule has 0 spiro atoms. The Bertz CT molecular complexity index is 1380. The summed E-state index contributed by atoms with van der Waals surface area (Å²) in [5, 5.41) is 16.2. The molecule has 0 bridgehead atoms. The Morgan fingerprint density at radius 2 is 1.81 bits per heavy atom. The van der Waals surface area contributed by atoms with E-state index in [0.29, 0.717) is 53.5 Å². The second kappa shape index (κ2) is 11.8. The number of aromatic carboxylic acids is 1. The Balaban J connectivity index is 1.42. The van der Waals surface area contributed by atoms with Gasteiger partial charge in [0.15, 0.2) is 0 Å². The van der Waals surface area contributed by atoms with Gasteiger partial charge in [0.05, 0.1) is 17.7 Å². The number of aromatic nitrogens is 2. The molecule has 9 heteroatoms. The van der Waals surface area contributed by atoms with Crippen molar-refractivity contribution in [1.82, 2.24) is 9.97 Å². The summed E-state index contributed by atoms with van der Waals surface area (Å²) in [7, 11) is 1.64. The molecule has 0 aliphatic carbocycles. The van der Waals surface area contributed by atoms with Gasteiger partial charge < -0.3 is 25.2 Å². The molecular formula is C27H26N4O5. The zero-order valence-electron chi connectivity index (χ0n) is 19.7. The molecule has 0 unspecified atom stereocenters. The minimum atomic E-state index is -1.04. The summed E-state index contributed by atoms with van der Waals surface area (Å²) < 4.78 is 10.7. The molecule has 1 heterocycles. The van der Waals surface area contributed by atoms with Crippen LogP contribution in [0.3, 0.4) is 0 Å². The van der Waals surface area contributed by atoms with Gasteiger partial charge in [0.1, 0.15) is 17.9 Å². The number of anilines is 2. The van der Waals surface area contributed by atoms with Gasteiger partial charge in [-0.05, 0) is 48.0 Å². The summed E-state index contributed by atoms with van der Waals surface area (Å²) in [6.07, 6.45) is 2.10. The van der Waals surface area contributed by atoms with Crippen LogP contribution in [0.1, 0.15) is 32.7 Å². The molecule has 1 amide bonds. The van der Waals surface area contributed by atoms with Crippen molar-refractivity contribution in [2.75, 3.05) is 31.0 Å². The molecule has 36 heavy (non-hydrogen) atoms. The summed E-state index contributed by atoms with van der Waals surface area (Å²) in [6.45, 7) is 1.54. The van der Waals surface area contributed by atoms with E-state index >= 15 is 0 Å². The molecule has 9 nitrogen and oxygen atoms in total. The van der Waals surface area contributed by atoms with Gasteiger partial charge in [-0.15, -0.1) is 0 Å². The van der Waals surface area contributed by atoms with Crippen molar-refractivity contribution in [3.05, 3.63) is 89.7 Å². The van der Waals surface area contributed by atoms with Crippen molar-refractivity contribution < 1.29 is 24.2 Å². The maximum absolute atomic E-state index is 12.8. The molecule has 4 rings (SSSR count). The van der Waals surface area contributed by atoms with Crippen molar-refractivity contribution in [3.8, 4) is 5.75 Å². The highest BCUT2D eigenvalue weighted by Crippen LogP contribution is 2.23. The monoisotopic (exact) mass is 486 g/mol. The van der Waals surface area contributed by atoms with E-state index < -0.39 is 5.97 Å². The Kier molecular flexibility index (Phi) is 8.05. The number of methoxy groups -OCH3 is 1. The number of carboxylic acid groups (broad SMARTS) is 1. The molecule has 0 radical (unpaired) electrons. The van der Waals surface area contributed by atoms with E-state index in [-0.39, 0.29) is 11.5 Å². The Morgan fingerprint density at radius 1 is 0.972 bits per heavy atom. The number of nitrogens with one attached hydrogen (secondary N) is 2.